The SMILES string of the molecule is Cc1ccc(NC(=O)C2=C(Nc3ccccc3N3CCOCC3)c3ccccc3S2(=O)=O)cc1. The minimum Gasteiger partial charge on any atom is -0.378 e. The van der Waals surface area contributed by atoms with Gasteiger partial charge in [-0.25, -0.2) is 8.42 Å². The zero-order valence-electron chi connectivity index (χ0n) is 18.7. The van der Waals surface area contributed by atoms with Gasteiger partial charge in [0.2, 0.25) is 9.84 Å². The number of morpholine rings is 1. The first-order chi connectivity index (χ1) is 16.4. The molecule has 2 N–H and O–H groups in total. The van der Waals surface area contributed by atoms with Gasteiger partial charge < -0.3 is 20.3 Å². The van der Waals surface area contributed by atoms with Crippen LogP contribution in [0.4, 0.5) is 17.1 Å². The Balaban J connectivity index is 1.58. The van der Waals surface area contributed by atoms with E-state index in [0.29, 0.717) is 24.5 Å². The number of ether oxygens (including phenoxy) is 1. The van der Waals surface area contributed by atoms with Crippen molar-refractivity contribution in [2.75, 3.05) is 41.8 Å². The molecule has 2 aliphatic heterocycles. The Morgan fingerprint density at radius 3 is 2.35 bits per heavy atom. The summed E-state index contributed by atoms with van der Waals surface area (Å²) in [6, 6.07) is 21.6. The van der Waals surface area contributed by atoms with Crippen molar-refractivity contribution >= 4 is 38.5 Å². The van der Waals surface area contributed by atoms with Gasteiger partial charge in [-0.1, -0.05) is 48.0 Å². The van der Waals surface area contributed by atoms with Gasteiger partial charge in [-0.2, -0.15) is 0 Å². The second kappa shape index (κ2) is 8.96. The summed E-state index contributed by atoms with van der Waals surface area (Å²) in [4.78, 5) is 15.4. The minimum absolute atomic E-state index is 0.121. The third-order valence-electron chi connectivity index (χ3n) is 5.97. The van der Waals surface area contributed by atoms with E-state index in [1.165, 1.54) is 6.07 Å². The van der Waals surface area contributed by atoms with Crippen LogP contribution in [0.15, 0.2) is 82.6 Å². The van der Waals surface area contributed by atoms with Crippen molar-refractivity contribution in [3.05, 3.63) is 88.8 Å². The molecule has 0 radical (unpaired) electrons. The zero-order valence-corrected chi connectivity index (χ0v) is 19.6. The number of rotatable bonds is 5. The van der Waals surface area contributed by atoms with Crippen LogP contribution in [0.3, 0.4) is 0 Å². The normalized spacial score (nSPS) is 16.8. The van der Waals surface area contributed by atoms with E-state index in [-0.39, 0.29) is 15.5 Å². The quantitative estimate of drug-likeness (QED) is 0.579. The number of carbonyl (C=O) groups excluding carboxylic acids is 1. The van der Waals surface area contributed by atoms with Gasteiger partial charge in [0.1, 0.15) is 0 Å². The Kier molecular flexibility index (Phi) is 5.85. The lowest BCUT2D eigenvalue weighted by Crippen LogP contribution is -2.36. The number of benzene rings is 3. The number of carbonyl (C=O) groups is 1. The molecule has 5 rings (SSSR count). The summed E-state index contributed by atoms with van der Waals surface area (Å²) in [7, 11) is -4.01. The monoisotopic (exact) mass is 475 g/mol. The molecule has 0 atom stereocenters. The molecule has 0 spiro atoms. The highest BCUT2D eigenvalue weighted by Crippen LogP contribution is 2.41. The highest BCUT2D eigenvalue weighted by Gasteiger charge is 2.40. The Labute approximate surface area is 199 Å². The lowest BCUT2D eigenvalue weighted by molar-refractivity contribution is -0.112. The van der Waals surface area contributed by atoms with Crippen molar-refractivity contribution in [1.82, 2.24) is 0 Å². The summed E-state index contributed by atoms with van der Waals surface area (Å²) in [6.45, 7) is 4.65. The van der Waals surface area contributed by atoms with Gasteiger partial charge in [0.15, 0.2) is 4.91 Å². The van der Waals surface area contributed by atoms with Crippen molar-refractivity contribution in [2.24, 2.45) is 0 Å². The Morgan fingerprint density at radius 2 is 1.59 bits per heavy atom. The van der Waals surface area contributed by atoms with Gasteiger partial charge in [-0.05, 0) is 37.3 Å². The molecule has 3 aromatic carbocycles. The third kappa shape index (κ3) is 4.06. The summed E-state index contributed by atoms with van der Waals surface area (Å²) in [6.07, 6.45) is 0. The van der Waals surface area contributed by atoms with Crippen molar-refractivity contribution in [1.29, 1.82) is 0 Å². The average molecular weight is 476 g/mol. The van der Waals surface area contributed by atoms with Crippen LogP contribution >= 0.6 is 0 Å². The van der Waals surface area contributed by atoms with Crippen molar-refractivity contribution in [2.45, 2.75) is 11.8 Å². The average Bonchev–Trinajstić information content (AvgIpc) is 3.08. The number of para-hydroxylation sites is 2. The van der Waals surface area contributed by atoms with Gasteiger partial charge in [0.25, 0.3) is 5.91 Å². The molecule has 1 fully saturated rings. The fraction of sp³-hybridized carbons (Fsp3) is 0.192. The number of sulfone groups is 1. The smallest absolute Gasteiger partial charge is 0.269 e. The van der Waals surface area contributed by atoms with E-state index in [4.69, 9.17) is 4.74 Å². The van der Waals surface area contributed by atoms with Gasteiger partial charge in [-0.15, -0.1) is 0 Å². The first-order valence-electron chi connectivity index (χ1n) is 11.1. The van der Waals surface area contributed by atoms with Crippen LogP contribution < -0.4 is 15.5 Å². The summed E-state index contributed by atoms with van der Waals surface area (Å²) >= 11 is 0. The van der Waals surface area contributed by atoms with Crippen LogP contribution in [0, 0.1) is 6.92 Å². The topological polar surface area (TPSA) is 87.7 Å². The summed E-state index contributed by atoms with van der Waals surface area (Å²) in [5.74, 6) is -0.675. The highest BCUT2D eigenvalue weighted by molar-refractivity contribution is 7.97. The molecular weight excluding hydrogens is 450 g/mol. The number of aryl methyl sites for hydroxylation is 1. The molecule has 2 heterocycles. The number of fused-ring (bicyclic) bond motifs is 1. The van der Waals surface area contributed by atoms with Crippen molar-refractivity contribution in [3.8, 4) is 0 Å². The Hall–Kier alpha value is -3.62. The van der Waals surface area contributed by atoms with E-state index in [1.807, 2.05) is 43.3 Å². The van der Waals surface area contributed by atoms with Crippen LogP contribution in [-0.2, 0) is 19.4 Å². The Morgan fingerprint density at radius 1 is 0.912 bits per heavy atom. The van der Waals surface area contributed by atoms with Gasteiger partial charge >= 0.3 is 0 Å². The molecule has 0 bridgehead atoms. The maximum atomic E-state index is 13.5. The molecule has 174 valence electrons. The second-order valence-corrected chi connectivity index (χ2v) is 10.1. The van der Waals surface area contributed by atoms with Crippen LogP contribution in [0.1, 0.15) is 11.1 Å². The third-order valence-corrected chi connectivity index (χ3v) is 7.83. The number of hydrogen-bond donors (Lipinski definition) is 2. The zero-order chi connectivity index (χ0) is 23.7. The number of amides is 1. The maximum absolute atomic E-state index is 13.5. The van der Waals surface area contributed by atoms with E-state index in [9.17, 15) is 13.2 Å². The number of nitrogens with zero attached hydrogens (tertiary/aromatic N) is 1. The predicted octanol–water partition coefficient (Wildman–Crippen LogP) is 4.04. The Bertz CT molecular complexity index is 1380. The molecule has 0 aromatic heterocycles. The fourth-order valence-corrected chi connectivity index (χ4v) is 5.91. The molecule has 0 unspecified atom stereocenters. The molecule has 0 aliphatic carbocycles. The van der Waals surface area contributed by atoms with Crippen LogP contribution in [0.2, 0.25) is 0 Å². The number of hydrogen-bond acceptors (Lipinski definition) is 6. The molecule has 1 saturated heterocycles. The van der Waals surface area contributed by atoms with E-state index in [0.717, 1.165) is 30.0 Å². The van der Waals surface area contributed by atoms with Crippen molar-refractivity contribution < 1.29 is 17.9 Å². The van der Waals surface area contributed by atoms with Crippen molar-refractivity contribution in [3.63, 3.8) is 0 Å². The molecule has 8 heteroatoms. The first kappa shape index (κ1) is 22.2. The molecule has 34 heavy (non-hydrogen) atoms. The predicted molar refractivity (Wildman–Crippen MR) is 133 cm³/mol. The fourth-order valence-electron chi connectivity index (χ4n) is 4.25. The molecule has 3 aromatic rings. The maximum Gasteiger partial charge on any atom is 0.269 e. The number of anilines is 3. The lowest BCUT2D eigenvalue weighted by atomic mass is 10.1. The molecule has 1 amide bonds. The summed E-state index contributed by atoms with van der Waals surface area (Å²) in [5.41, 5.74) is 3.99. The second-order valence-electron chi connectivity index (χ2n) is 8.27. The highest BCUT2D eigenvalue weighted by atomic mass is 32.2. The van der Waals surface area contributed by atoms with Gasteiger partial charge in [-0.3, -0.25) is 4.79 Å². The van der Waals surface area contributed by atoms with Gasteiger partial charge in [0, 0.05) is 24.3 Å². The largest absolute Gasteiger partial charge is 0.378 e. The lowest BCUT2D eigenvalue weighted by Gasteiger charge is -2.30. The molecule has 2 aliphatic rings. The molecule has 7 nitrogen and oxygen atoms in total. The minimum atomic E-state index is -4.01. The number of nitrogens with one attached hydrogen (secondary N) is 2. The standard InChI is InChI=1S/C26H25N3O4S/c1-18-10-12-19(13-11-18)27-26(30)25-24(20-6-2-5-9-23(20)34(25,31)32)28-21-7-3-4-8-22(21)29-14-16-33-17-15-29/h2-13,28H,14-17H2,1H3,(H,27,30). The first-order valence-corrected chi connectivity index (χ1v) is 12.6. The van der Waals surface area contributed by atoms with Crippen LogP contribution in [0.25, 0.3) is 5.70 Å². The summed E-state index contributed by atoms with van der Waals surface area (Å²) in [5, 5.41) is 6.05. The van der Waals surface area contributed by atoms with E-state index >= 15 is 0 Å². The van der Waals surface area contributed by atoms with Crippen LogP contribution in [-0.4, -0.2) is 40.6 Å². The van der Waals surface area contributed by atoms with E-state index < -0.39 is 15.7 Å². The van der Waals surface area contributed by atoms with E-state index in [2.05, 4.69) is 15.5 Å². The van der Waals surface area contributed by atoms with Crippen LogP contribution in [0.5, 0.6) is 0 Å². The molecular formula is C26H25N3O4S. The van der Waals surface area contributed by atoms with Gasteiger partial charge in [0.05, 0.1) is 35.2 Å². The summed E-state index contributed by atoms with van der Waals surface area (Å²) < 4.78 is 32.4. The molecule has 0 saturated carbocycles. The van der Waals surface area contributed by atoms with E-state index in [1.54, 1.807) is 30.3 Å².